The summed E-state index contributed by atoms with van der Waals surface area (Å²) in [5, 5.41) is 46.1. The van der Waals surface area contributed by atoms with E-state index >= 15 is 0 Å². The molecule has 0 aromatic heterocycles. The van der Waals surface area contributed by atoms with Crippen LogP contribution in [-0.2, 0) is 5.60 Å². The summed E-state index contributed by atoms with van der Waals surface area (Å²) < 4.78 is 0. The lowest BCUT2D eigenvalue weighted by molar-refractivity contribution is -0.207. The standard InChI is InChI=1S/C36H50O4/c1-23(16-19-36(40,24-10-6-4-7-11-24)25-12-8-5-9-13-25)28-14-15-29-33-30(22-32(39)35(28,29)3)34(2)18-17-27(37)20-26(34)21-31(33)38/h4-13,23,26-33,37-40H,14-22H2,1-3H3/t23-,26+,27-,28+,29-,30-,31+,32-,33-,34-,35+/m0/s1. The van der Waals surface area contributed by atoms with Gasteiger partial charge in [0.2, 0.25) is 0 Å². The van der Waals surface area contributed by atoms with Gasteiger partial charge in [-0.1, -0.05) is 81.4 Å². The molecule has 2 aromatic carbocycles. The third-order valence-corrected chi connectivity index (χ3v) is 13.0. The van der Waals surface area contributed by atoms with E-state index in [4.69, 9.17) is 0 Å². The van der Waals surface area contributed by atoms with Gasteiger partial charge in [0.15, 0.2) is 0 Å². The Balaban J connectivity index is 1.24. The first-order valence-corrected chi connectivity index (χ1v) is 16.0. The number of fused-ring (bicyclic) bond motifs is 5. The fourth-order valence-corrected chi connectivity index (χ4v) is 10.7. The van der Waals surface area contributed by atoms with E-state index in [1.54, 1.807) is 0 Å². The van der Waals surface area contributed by atoms with Crippen molar-refractivity contribution < 1.29 is 20.4 Å². The Morgan fingerprint density at radius 2 is 1.45 bits per heavy atom. The van der Waals surface area contributed by atoms with Crippen molar-refractivity contribution in [3.63, 3.8) is 0 Å². The van der Waals surface area contributed by atoms with Crippen molar-refractivity contribution in [3.05, 3.63) is 71.8 Å². The molecule has 4 aliphatic carbocycles. The number of benzene rings is 2. The molecule has 0 heterocycles. The number of rotatable bonds is 6. The lowest BCUT2D eigenvalue weighted by Crippen LogP contribution is -2.62. The molecular weight excluding hydrogens is 496 g/mol. The predicted octanol–water partition coefficient (Wildman–Crippen LogP) is 6.30. The molecule has 0 unspecified atom stereocenters. The molecule has 218 valence electrons. The maximum atomic E-state index is 12.1. The summed E-state index contributed by atoms with van der Waals surface area (Å²) in [4.78, 5) is 0. The van der Waals surface area contributed by atoms with Crippen LogP contribution in [0.5, 0.6) is 0 Å². The van der Waals surface area contributed by atoms with Gasteiger partial charge in [0.25, 0.3) is 0 Å². The molecule has 0 spiro atoms. The molecule has 11 atom stereocenters. The maximum absolute atomic E-state index is 12.1. The molecule has 4 aliphatic rings. The molecule has 4 N–H and O–H groups in total. The van der Waals surface area contributed by atoms with Crippen LogP contribution in [0.25, 0.3) is 0 Å². The van der Waals surface area contributed by atoms with Gasteiger partial charge in [0.1, 0.15) is 5.60 Å². The van der Waals surface area contributed by atoms with Crippen LogP contribution in [0.2, 0.25) is 0 Å². The molecule has 6 rings (SSSR count). The van der Waals surface area contributed by atoms with Crippen molar-refractivity contribution in [1.82, 2.24) is 0 Å². The van der Waals surface area contributed by atoms with E-state index in [2.05, 4.69) is 20.8 Å². The highest BCUT2D eigenvalue weighted by Gasteiger charge is 2.65. The Hall–Kier alpha value is -1.72. The van der Waals surface area contributed by atoms with Gasteiger partial charge >= 0.3 is 0 Å². The minimum absolute atomic E-state index is 0.0942. The second-order valence-electron chi connectivity index (χ2n) is 14.6. The van der Waals surface area contributed by atoms with Crippen LogP contribution in [0.15, 0.2) is 60.7 Å². The van der Waals surface area contributed by atoms with Crippen molar-refractivity contribution in [2.45, 2.75) is 102 Å². The summed E-state index contributed by atoms with van der Waals surface area (Å²) in [5.41, 5.74) is 0.666. The quantitative estimate of drug-likeness (QED) is 0.343. The first-order valence-electron chi connectivity index (χ1n) is 16.0. The summed E-state index contributed by atoms with van der Waals surface area (Å²) >= 11 is 0. The number of hydrogen-bond donors (Lipinski definition) is 4. The van der Waals surface area contributed by atoms with E-state index in [1.807, 2.05) is 60.7 Å². The lowest BCUT2D eigenvalue weighted by Gasteiger charge is -2.63. The third kappa shape index (κ3) is 4.40. The summed E-state index contributed by atoms with van der Waals surface area (Å²) in [6.07, 6.45) is 6.85. The summed E-state index contributed by atoms with van der Waals surface area (Å²) in [6, 6.07) is 20.1. The second-order valence-corrected chi connectivity index (χ2v) is 14.6. The summed E-state index contributed by atoms with van der Waals surface area (Å²) in [6.45, 7) is 7.04. The Kier molecular flexibility index (Phi) is 7.47. The van der Waals surface area contributed by atoms with Crippen LogP contribution < -0.4 is 0 Å². The van der Waals surface area contributed by atoms with Crippen LogP contribution >= 0.6 is 0 Å². The minimum atomic E-state index is -1.05. The highest BCUT2D eigenvalue weighted by molar-refractivity contribution is 5.35. The maximum Gasteiger partial charge on any atom is 0.115 e. The molecule has 4 fully saturated rings. The van der Waals surface area contributed by atoms with Crippen molar-refractivity contribution in [1.29, 1.82) is 0 Å². The molecule has 4 saturated carbocycles. The molecule has 0 amide bonds. The second kappa shape index (κ2) is 10.5. The van der Waals surface area contributed by atoms with E-state index in [1.165, 1.54) is 0 Å². The van der Waals surface area contributed by atoms with E-state index in [0.717, 1.165) is 62.5 Å². The molecule has 0 radical (unpaired) electrons. The highest BCUT2D eigenvalue weighted by atomic mass is 16.3. The SMILES string of the molecule is C[C@@H](CCC(O)(c1ccccc1)c1ccccc1)[C@H]1CC[C@H]2[C@@H]3[C@H](O)C[C@H]4C[C@@H](O)CC[C@]4(C)[C@H]3C[C@H](O)[C@]12C. The van der Waals surface area contributed by atoms with Crippen LogP contribution in [0, 0.1) is 46.3 Å². The first-order chi connectivity index (χ1) is 19.1. The fraction of sp³-hybridized carbons (Fsp3) is 0.667. The van der Waals surface area contributed by atoms with Gasteiger partial charge in [-0.05, 0) is 115 Å². The number of hydrogen-bond acceptors (Lipinski definition) is 4. The lowest BCUT2D eigenvalue weighted by atomic mass is 9.43. The number of aliphatic hydroxyl groups excluding tert-OH is 3. The molecule has 2 aromatic rings. The molecule has 0 bridgehead atoms. The van der Waals surface area contributed by atoms with Gasteiger partial charge in [-0.3, -0.25) is 0 Å². The van der Waals surface area contributed by atoms with E-state index < -0.39 is 5.60 Å². The van der Waals surface area contributed by atoms with Crippen molar-refractivity contribution in [2.24, 2.45) is 46.3 Å². The zero-order valence-electron chi connectivity index (χ0n) is 24.6. The van der Waals surface area contributed by atoms with Gasteiger partial charge in [-0.2, -0.15) is 0 Å². The van der Waals surface area contributed by atoms with Gasteiger partial charge in [0, 0.05) is 0 Å². The summed E-state index contributed by atoms with van der Waals surface area (Å²) in [5.74, 6) is 1.90. The molecule has 0 saturated heterocycles. The van der Waals surface area contributed by atoms with Gasteiger partial charge in [0.05, 0.1) is 18.3 Å². The van der Waals surface area contributed by atoms with Crippen molar-refractivity contribution in [3.8, 4) is 0 Å². The number of aliphatic hydroxyl groups is 4. The average Bonchev–Trinajstić information content (AvgIpc) is 3.32. The smallest absolute Gasteiger partial charge is 0.115 e. The van der Waals surface area contributed by atoms with Crippen LogP contribution in [-0.4, -0.2) is 38.7 Å². The van der Waals surface area contributed by atoms with Crippen LogP contribution in [0.4, 0.5) is 0 Å². The monoisotopic (exact) mass is 546 g/mol. The van der Waals surface area contributed by atoms with Gasteiger partial charge < -0.3 is 20.4 Å². The predicted molar refractivity (Wildman–Crippen MR) is 158 cm³/mol. The molecule has 4 heteroatoms. The van der Waals surface area contributed by atoms with Crippen LogP contribution in [0.3, 0.4) is 0 Å². The Morgan fingerprint density at radius 3 is 2.08 bits per heavy atom. The first kappa shape index (κ1) is 28.4. The Morgan fingerprint density at radius 1 is 0.825 bits per heavy atom. The Bertz CT molecular complexity index is 1110. The topological polar surface area (TPSA) is 80.9 Å². The van der Waals surface area contributed by atoms with Crippen molar-refractivity contribution >= 4 is 0 Å². The normalized spacial score (nSPS) is 42.0. The average molecular weight is 547 g/mol. The molecule has 40 heavy (non-hydrogen) atoms. The highest BCUT2D eigenvalue weighted by Crippen LogP contribution is 2.68. The van der Waals surface area contributed by atoms with Gasteiger partial charge in [-0.25, -0.2) is 0 Å². The van der Waals surface area contributed by atoms with Gasteiger partial charge in [-0.15, -0.1) is 0 Å². The Labute approximate surface area is 240 Å². The largest absolute Gasteiger partial charge is 0.393 e. The molecule has 0 aliphatic heterocycles. The van der Waals surface area contributed by atoms with E-state index in [0.29, 0.717) is 36.0 Å². The summed E-state index contributed by atoms with van der Waals surface area (Å²) in [7, 11) is 0. The minimum Gasteiger partial charge on any atom is -0.393 e. The van der Waals surface area contributed by atoms with Crippen LogP contribution in [0.1, 0.15) is 89.7 Å². The zero-order chi connectivity index (χ0) is 28.3. The molecular formula is C36H50O4. The van der Waals surface area contributed by atoms with Crippen molar-refractivity contribution in [2.75, 3.05) is 0 Å². The van der Waals surface area contributed by atoms with E-state index in [9.17, 15) is 20.4 Å². The third-order valence-electron chi connectivity index (χ3n) is 13.0. The zero-order valence-corrected chi connectivity index (χ0v) is 24.6. The fourth-order valence-electron chi connectivity index (χ4n) is 10.7. The van der Waals surface area contributed by atoms with E-state index in [-0.39, 0.29) is 35.1 Å². The molecule has 4 nitrogen and oxygen atoms in total.